The van der Waals surface area contributed by atoms with Crippen LogP contribution in [-0.4, -0.2) is 0 Å². The van der Waals surface area contributed by atoms with Crippen molar-refractivity contribution in [3.63, 3.8) is 0 Å². The Labute approximate surface area is 228 Å². The quantitative estimate of drug-likeness (QED) is 0.187. The molecule has 0 heterocycles. The first-order chi connectivity index (χ1) is 19.2. The van der Waals surface area contributed by atoms with Crippen LogP contribution in [0.5, 0.6) is 0 Å². The highest BCUT2D eigenvalue weighted by atomic mass is 19.1. The molecule has 5 rings (SSSR count). The Morgan fingerprint density at radius 1 is 0.462 bits per heavy atom. The molecule has 0 spiro atoms. The number of hydrogen-bond acceptors (Lipinski definition) is 1. The average molecular weight is 512 g/mol. The molecule has 5 aromatic carbocycles. The molecule has 190 valence electrons. The normalized spacial score (nSPS) is 11.1. The van der Waals surface area contributed by atoms with Gasteiger partial charge < -0.3 is 4.90 Å². The first kappa shape index (κ1) is 25.6. The molecule has 3 heteroatoms. The van der Waals surface area contributed by atoms with Crippen LogP contribution in [0, 0.1) is 11.6 Å². The summed E-state index contributed by atoms with van der Waals surface area (Å²) in [6, 6.07) is 41.2. The van der Waals surface area contributed by atoms with Crippen LogP contribution in [0.25, 0.3) is 17.7 Å². The lowest BCUT2D eigenvalue weighted by Crippen LogP contribution is -2.10. The van der Waals surface area contributed by atoms with Gasteiger partial charge >= 0.3 is 0 Å². The predicted octanol–water partition coefficient (Wildman–Crippen LogP) is 9.92. The molecular formula is C36H27F2N. The van der Waals surface area contributed by atoms with Gasteiger partial charge in [0.05, 0.1) is 0 Å². The number of allylic oxidation sites excluding steroid dienone is 2. The van der Waals surface area contributed by atoms with E-state index in [1.165, 1.54) is 24.3 Å². The Balaban J connectivity index is 1.50. The van der Waals surface area contributed by atoms with E-state index in [-0.39, 0.29) is 11.6 Å². The van der Waals surface area contributed by atoms with Gasteiger partial charge in [-0.15, -0.1) is 0 Å². The maximum absolute atomic E-state index is 13.7. The molecule has 0 saturated carbocycles. The molecule has 0 amide bonds. The average Bonchev–Trinajstić information content (AvgIpc) is 2.99. The summed E-state index contributed by atoms with van der Waals surface area (Å²) in [6.07, 6.45) is 10.2. The van der Waals surface area contributed by atoms with Crippen molar-refractivity contribution >= 4 is 29.1 Å². The molecule has 5 aromatic rings. The molecule has 0 bridgehead atoms. The molecule has 0 N–H and O–H groups in total. The molecular weight excluding hydrogens is 484 g/mol. The summed E-state index contributed by atoms with van der Waals surface area (Å²) < 4.78 is 27.5. The molecule has 0 aliphatic rings. The fourth-order valence-corrected chi connectivity index (χ4v) is 4.23. The van der Waals surface area contributed by atoms with Crippen LogP contribution in [0.3, 0.4) is 0 Å². The smallest absolute Gasteiger partial charge is 0.123 e. The van der Waals surface area contributed by atoms with Gasteiger partial charge in [0.1, 0.15) is 11.6 Å². The van der Waals surface area contributed by atoms with Gasteiger partial charge in [0.2, 0.25) is 0 Å². The zero-order chi connectivity index (χ0) is 26.9. The predicted molar refractivity (Wildman–Crippen MR) is 159 cm³/mol. The standard InChI is InChI=1S/C36H27F2N/c37-32-21-17-30(18-22-32)36(31-19-23-33(38)24-20-31)27-39(34-13-5-2-6-14-34)35-25-15-29(16-26-35)12-8-7-11-28-9-3-1-4-10-28/h1-27H. The number of hydrogen-bond donors (Lipinski definition) is 0. The number of rotatable bonds is 8. The van der Waals surface area contributed by atoms with Crippen LogP contribution in [-0.2, 0) is 0 Å². The van der Waals surface area contributed by atoms with Gasteiger partial charge in [-0.1, -0.05) is 109 Å². The molecule has 0 aliphatic carbocycles. The highest BCUT2D eigenvalue weighted by Crippen LogP contribution is 2.32. The molecule has 0 aliphatic heterocycles. The number of benzene rings is 5. The summed E-state index contributed by atoms with van der Waals surface area (Å²) in [7, 11) is 0. The monoisotopic (exact) mass is 511 g/mol. The second kappa shape index (κ2) is 12.5. The summed E-state index contributed by atoms with van der Waals surface area (Å²) in [5.41, 5.74) is 6.65. The van der Waals surface area contributed by atoms with Crippen molar-refractivity contribution in [3.05, 3.63) is 186 Å². The maximum atomic E-state index is 13.7. The van der Waals surface area contributed by atoms with Crippen LogP contribution in [0.2, 0.25) is 0 Å². The second-order valence-corrected chi connectivity index (χ2v) is 8.98. The van der Waals surface area contributed by atoms with E-state index in [0.717, 1.165) is 39.2 Å². The summed E-state index contributed by atoms with van der Waals surface area (Å²) in [5, 5.41) is 0. The molecule has 0 aromatic heterocycles. The van der Waals surface area contributed by atoms with Crippen molar-refractivity contribution in [2.24, 2.45) is 0 Å². The van der Waals surface area contributed by atoms with E-state index >= 15 is 0 Å². The van der Waals surface area contributed by atoms with Gasteiger partial charge in [-0.2, -0.15) is 0 Å². The molecule has 0 atom stereocenters. The van der Waals surface area contributed by atoms with Crippen molar-refractivity contribution in [3.8, 4) is 0 Å². The van der Waals surface area contributed by atoms with Crippen LogP contribution in [0.1, 0.15) is 22.3 Å². The van der Waals surface area contributed by atoms with E-state index in [0.29, 0.717) is 0 Å². The zero-order valence-corrected chi connectivity index (χ0v) is 21.3. The minimum absolute atomic E-state index is 0.306. The molecule has 0 unspecified atom stereocenters. The van der Waals surface area contributed by atoms with Crippen molar-refractivity contribution in [2.75, 3.05) is 4.90 Å². The lowest BCUT2D eigenvalue weighted by atomic mass is 9.98. The first-order valence-corrected chi connectivity index (χ1v) is 12.7. The highest BCUT2D eigenvalue weighted by Gasteiger charge is 2.12. The van der Waals surface area contributed by atoms with Gasteiger partial charge in [0.25, 0.3) is 0 Å². The van der Waals surface area contributed by atoms with Gasteiger partial charge in [-0.25, -0.2) is 8.78 Å². The van der Waals surface area contributed by atoms with Gasteiger partial charge in [0, 0.05) is 23.1 Å². The van der Waals surface area contributed by atoms with E-state index in [1.54, 1.807) is 24.3 Å². The van der Waals surface area contributed by atoms with Crippen molar-refractivity contribution in [1.29, 1.82) is 0 Å². The third-order valence-electron chi connectivity index (χ3n) is 6.26. The molecule has 0 radical (unpaired) electrons. The Morgan fingerprint density at radius 3 is 1.41 bits per heavy atom. The molecule has 39 heavy (non-hydrogen) atoms. The van der Waals surface area contributed by atoms with Crippen LogP contribution in [0.15, 0.2) is 152 Å². The van der Waals surface area contributed by atoms with Crippen LogP contribution >= 0.6 is 0 Å². The van der Waals surface area contributed by atoms with E-state index in [1.807, 2.05) is 66.9 Å². The summed E-state index contributed by atoms with van der Waals surface area (Å²) in [4.78, 5) is 2.09. The van der Waals surface area contributed by atoms with Crippen molar-refractivity contribution in [2.45, 2.75) is 0 Å². The molecule has 0 fully saturated rings. The molecule has 1 nitrogen and oxygen atoms in total. The fourth-order valence-electron chi connectivity index (χ4n) is 4.23. The number of halogens is 2. The van der Waals surface area contributed by atoms with E-state index in [4.69, 9.17) is 0 Å². The maximum Gasteiger partial charge on any atom is 0.123 e. The minimum Gasteiger partial charge on any atom is -0.317 e. The summed E-state index contributed by atoms with van der Waals surface area (Å²) >= 11 is 0. The fraction of sp³-hybridized carbons (Fsp3) is 0. The Hall–Kier alpha value is -5.02. The zero-order valence-electron chi connectivity index (χ0n) is 21.3. The summed E-state index contributed by atoms with van der Waals surface area (Å²) in [5.74, 6) is -0.612. The Bertz CT molecular complexity index is 1520. The third-order valence-corrected chi connectivity index (χ3v) is 6.26. The first-order valence-electron chi connectivity index (χ1n) is 12.7. The van der Waals surface area contributed by atoms with Gasteiger partial charge in [0.15, 0.2) is 0 Å². The number of para-hydroxylation sites is 1. The van der Waals surface area contributed by atoms with Gasteiger partial charge in [-0.05, 0) is 70.8 Å². The highest BCUT2D eigenvalue weighted by molar-refractivity contribution is 5.84. The Morgan fingerprint density at radius 2 is 0.897 bits per heavy atom. The van der Waals surface area contributed by atoms with E-state index in [2.05, 4.69) is 53.5 Å². The van der Waals surface area contributed by atoms with E-state index in [9.17, 15) is 8.78 Å². The SMILES string of the molecule is Fc1ccc(C(=CN(c2ccccc2)c2ccc(C=CC=Cc3ccccc3)cc2)c2ccc(F)cc2)cc1. The number of anilines is 2. The van der Waals surface area contributed by atoms with Crippen LogP contribution in [0.4, 0.5) is 20.2 Å². The van der Waals surface area contributed by atoms with Crippen molar-refractivity contribution in [1.82, 2.24) is 0 Å². The van der Waals surface area contributed by atoms with Gasteiger partial charge in [-0.3, -0.25) is 0 Å². The third kappa shape index (κ3) is 6.85. The minimum atomic E-state index is -0.306. The number of nitrogens with zero attached hydrogens (tertiary/aromatic N) is 1. The lowest BCUT2D eigenvalue weighted by Gasteiger charge is -2.23. The molecule has 0 saturated heterocycles. The summed E-state index contributed by atoms with van der Waals surface area (Å²) in [6.45, 7) is 0. The largest absolute Gasteiger partial charge is 0.317 e. The van der Waals surface area contributed by atoms with E-state index < -0.39 is 0 Å². The van der Waals surface area contributed by atoms with Crippen molar-refractivity contribution < 1.29 is 8.78 Å². The topological polar surface area (TPSA) is 3.24 Å². The Kier molecular flexibility index (Phi) is 8.20. The second-order valence-electron chi connectivity index (χ2n) is 8.98. The van der Waals surface area contributed by atoms with Crippen LogP contribution < -0.4 is 4.90 Å². The lowest BCUT2D eigenvalue weighted by molar-refractivity contribution is 0.627.